The van der Waals surface area contributed by atoms with Crippen molar-refractivity contribution in [2.75, 3.05) is 20.8 Å². The molecular weight excluding hydrogens is 386 g/mol. The first-order valence-corrected chi connectivity index (χ1v) is 9.64. The lowest BCUT2D eigenvalue weighted by molar-refractivity contribution is -0.129. The highest BCUT2D eigenvalue weighted by Gasteiger charge is 2.25. The molecule has 0 bridgehead atoms. The van der Waals surface area contributed by atoms with Crippen LogP contribution in [0.3, 0.4) is 0 Å². The second-order valence-electron chi connectivity index (χ2n) is 6.78. The molecular formula is C23H25NO6. The van der Waals surface area contributed by atoms with Gasteiger partial charge in [-0.15, -0.1) is 0 Å². The molecule has 3 rings (SSSR count). The molecule has 1 amide bonds. The lowest BCUT2D eigenvalue weighted by Gasteiger charge is -2.13. The number of methoxy groups -OCH3 is 2. The van der Waals surface area contributed by atoms with Crippen molar-refractivity contribution in [3.8, 4) is 5.75 Å². The van der Waals surface area contributed by atoms with E-state index in [4.69, 9.17) is 18.6 Å². The van der Waals surface area contributed by atoms with Gasteiger partial charge in [0.05, 0.1) is 13.7 Å². The molecule has 0 radical (unpaired) electrons. The number of rotatable bonds is 9. The van der Waals surface area contributed by atoms with Gasteiger partial charge >= 0.3 is 5.97 Å². The van der Waals surface area contributed by atoms with E-state index in [1.54, 1.807) is 13.2 Å². The number of ether oxygens (including phenoxy) is 3. The second kappa shape index (κ2) is 9.93. The number of hydrogen-bond acceptors (Lipinski definition) is 6. The zero-order valence-electron chi connectivity index (χ0n) is 17.3. The van der Waals surface area contributed by atoms with Gasteiger partial charge in [0.15, 0.2) is 6.10 Å². The number of furan rings is 1. The van der Waals surface area contributed by atoms with E-state index in [0.717, 1.165) is 16.7 Å². The number of fused-ring (bicyclic) bond motifs is 1. The molecule has 1 heterocycles. The van der Waals surface area contributed by atoms with Gasteiger partial charge in [-0.25, -0.2) is 4.79 Å². The summed E-state index contributed by atoms with van der Waals surface area (Å²) in [5.74, 6) is -0.241. The van der Waals surface area contributed by atoms with Crippen molar-refractivity contribution in [3.63, 3.8) is 0 Å². The number of benzene rings is 2. The maximum absolute atomic E-state index is 12.6. The van der Waals surface area contributed by atoms with E-state index in [-0.39, 0.29) is 18.3 Å². The summed E-state index contributed by atoms with van der Waals surface area (Å²) in [5.41, 5.74) is 2.23. The molecule has 7 nitrogen and oxygen atoms in total. The van der Waals surface area contributed by atoms with Crippen LogP contribution in [0, 0.1) is 0 Å². The van der Waals surface area contributed by atoms with E-state index < -0.39 is 12.1 Å². The summed E-state index contributed by atoms with van der Waals surface area (Å²) in [4.78, 5) is 24.9. The SMILES string of the molecule is COCc1c(C(=O)O[C@@H](C)C(=O)NCCc2ccc(OC)cc2)oc2ccccc12. The number of nitrogens with one attached hydrogen (secondary N) is 1. The molecule has 1 atom stereocenters. The van der Waals surface area contributed by atoms with Gasteiger partial charge in [0.2, 0.25) is 5.76 Å². The van der Waals surface area contributed by atoms with Gasteiger partial charge < -0.3 is 23.9 Å². The van der Waals surface area contributed by atoms with Gasteiger partial charge in [0.25, 0.3) is 5.91 Å². The quantitative estimate of drug-likeness (QED) is 0.543. The summed E-state index contributed by atoms with van der Waals surface area (Å²) in [6.07, 6.45) is -0.310. The van der Waals surface area contributed by atoms with Gasteiger partial charge in [-0.3, -0.25) is 4.79 Å². The molecule has 0 saturated carbocycles. The molecule has 0 aliphatic carbocycles. The molecule has 0 spiro atoms. The number of esters is 1. The van der Waals surface area contributed by atoms with Crippen molar-refractivity contribution in [2.45, 2.75) is 26.1 Å². The highest BCUT2D eigenvalue weighted by molar-refractivity contribution is 5.97. The average Bonchev–Trinajstić information content (AvgIpc) is 3.13. The third-order valence-electron chi connectivity index (χ3n) is 4.70. The van der Waals surface area contributed by atoms with Crippen LogP contribution in [-0.4, -0.2) is 38.7 Å². The molecule has 0 aliphatic rings. The predicted molar refractivity (Wildman–Crippen MR) is 112 cm³/mol. The first-order chi connectivity index (χ1) is 14.5. The fourth-order valence-electron chi connectivity index (χ4n) is 3.08. The number of amides is 1. The normalized spacial score (nSPS) is 11.8. The zero-order chi connectivity index (χ0) is 21.5. The molecule has 2 aromatic carbocycles. The molecule has 158 valence electrons. The monoisotopic (exact) mass is 411 g/mol. The Morgan fingerprint density at radius 1 is 1.07 bits per heavy atom. The first-order valence-electron chi connectivity index (χ1n) is 9.64. The summed E-state index contributed by atoms with van der Waals surface area (Å²) in [7, 11) is 3.15. The minimum atomic E-state index is -0.961. The Bertz CT molecular complexity index is 1010. The maximum atomic E-state index is 12.6. The molecule has 30 heavy (non-hydrogen) atoms. The molecule has 0 aliphatic heterocycles. The fourth-order valence-corrected chi connectivity index (χ4v) is 3.08. The van der Waals surface area contributed by atoms with Crippen molar-refractivity contribution >= 4 is 22.8 Å². The Hall–Kier alpha value is -3.32. The van der Waals surface area contributed by atoms with Gasteiger partial charge in [0.1, 0.15) is 11.3 Å². The Morgan fingerprint density at radius 2 is 1.80 bits per heavy atom. The van der Waals surface area contributed by atoms with Crippen LogP contribution < -0.4 is 10.1 Å². The summed E-state index contributed by atoms with van der Waals surface area (Å²) in [6, 6.07) is 14.9. The highest BCUT2D eigenvalue weighted by atomic mass is 16.6. The Labute approximate surface area is 174 Å². The van der Waals surface area contributed by atoms with E-state index in [2.05, 4.69) is 5.32 Å². The van der Waals surface area contributed by atoms with Crippen LogP contribution in [0.2, 0.25) is 0 Å². The lowest BCUT2D eigenvalue weighted by atomic mass is 10.1. The third-order valence-corrected chi connectivity index (χ3v) is 4.70. The Balaban J connectivity index is 1.57. The van der Waals surface area contributed by atoms with Crippen molar-refractivity contribution in [3.05, 3.63) is 65.4 Å². The topological polar surface area (TPSA) is 87.0 Å². The van der Waals surface area contributed by atoms with Crippen molar-refractivity contribution in [1.82, 2.24) is 5.32 Å². The van der Waals surface area contributed by atoms with Crippen LogP contribution in [0.4, 0.5) is 0 Å². The van der Waals surface area contributed by atoms with E-state index in [0.29, 0.717) is 24.1 Å². The molecule has 1 aromatic heterocycles. The maximum Gasteiger partial charge on any atom is 0.375 e. The van der Waals surface area contributed by atoms with E-state index in [9.17, 15) is 9.59 Å². The van der Waals surface area contributed by atoms with Gasteiger partial charge in [-0.05, 0) is 37.1 Å². The minimum Gasteiger partial charge on any atom is -0.497 e. The smallest absolute Gasteiger partial charge is 0.375 e. The first kappa shape index (κ1) is 21.4. The van der Waals surface area contributed by atoms with Gasteiger partial charge in [-0.1, -0.05) is 30.3 Å². The van der Waals surface area contributed by atoms with Crippen molar-refractivity contribution in [2.24, 2.45) is 0 Å². The molecule has 3 aromatic rings. The Kier molecular flexibility index (Phi) is 7.08. The summed E-state index contributed by atoms with van der Waals surface area (Å²) in [6.45, 7) is 2.15. The fraction of sp³-hybridized carbons (Fsp3) is 0.304. The van der Waals surface area contributed by atoms with Crippen LogP contribution in [0.25, 0.3) is 11.0 Å². The van der Waals surface area contributed by atoms with Crippen LogP contribution in [0.5, 0.6) is 5.75 Å². The number of carbonyl (C=O) groups excluding carboxylic acids is 2. The number of carbonyl (C=O) groups is 2. The lowest BCUT2D eigenvalue weighted by Crippen LogP contribution is -2.37. The average molecular weight is 411 g/mol. The second-order valence-corrected chi connectivity index (χ2v) is 6.78. The zero-order valence-corrected chi connectivity index (χ0v) is 17.3. The predicted octanol–water partition coefficient (Wildman–Crippen LogP) is 3.49. The van der Waals surface area contributed by atoms with Crippen molar-refractivity contribution in [1.29, 1.82) is 0 Å². The Morgan fingerprint density at radius 3 is 2.50 bits per heavy atom. The van der Waals surface area contributed by atoms with Crippen LogP contribution in [-0.2, 0) is 27.3 Å². The molecule has 7 heteroatoms. The highest BCUT2D eigenvalue weighted by Crippen LogP contribution is 2.27. The van der Waals surface area contributed by atoms with Crippen LogP contribution in [0.15, 0.2) is 52.9 Å². The summed E-state index contributed by atoms with van der Waals surface area (Å²) >= 11 is 0. The summed E-state index contributed by atoms with van der Waals surface area (Å²) < 4.78 is 21.3. The molecule has 0 unspecified atom stereocenters. The number of para-hydroxylation sites is 1. The standard InChI is InChI=1S/C23H25NO6/c1-15(22(25)24-13-12-16-8-10-17(28-3)11-9-16)29-23(26)21-19(14-27-2)18-6-4-5-7-20(18)30-21/h4-11,15H,12-14H2,1-3H3,(H,24,25)/t15-/m0/s1. The molecule has 0 saturated heterocycles. The van der Waals surface area contributed by atoms with Crippen LogP contribution in [0.1, 0.15) is 28.6 Å². The van der Waals surface area contributed by atoms with Crippen LogP contribution >= 0.6 is 0 Å². The minimum absolute atomic E-state index is 0.0518. The molecule has 1 N–H and O–H groups in total. The largest absolute Gasteiger partial charge is 0.497 e. The number of hydrogen-bond donors (Lipinski definition) is 1. The van der Waals surface area contributed by atoms with Crippen molar-refractivity contribution < 1.29 is 28.2 Å². The van der Waals surface area contributed by atoms with E-state index in [1.165, 1.54) is 14.0 Å². The summed E-state index contributed by atoms with van der Waals surface area (Å²) in [5, 5.41) is 3.56. The third kappa shape index (κ3) is 4.99. The molecule has 0 fully saturated rings. The van der Waals surface area contributed by atoms with E-state index in [1.807, 2.05) is 42.5 Å². The van der Waals surface area contributed by atoms with Gasteiger partial charge in [-0.2, -0.15) is 0 Å². The van der Waals surface area contributed by atoms with Gasteiger partial charge in [0, 0.05) is 24.6 Å². The van der Waals surface area contributed by atoms with E-state index >= 15 is 0 Å².